The van der Waals surface area contributed by atoms with Gasteiger partial charge in [-0.05, 0) is 28.4 Å². The summed E-state index contributed by atoms with van der Waals surface area (Å²) in [5, 5.41) is 10.7. The quantitative estimate of drug-likeness (QED) is 0.872. The maximum absolute atomic E-state index is 10.5. The minimum absolute atomic E-state index is 0.129. The summed E-state index contributed by atoms with van der Waals surface area (Å²) in [5.74, 6) is -0.515. The van der Waals surface area contributed by atoms with Crippen molar-refractivity contribution in [2.45, 2.75) is 12.3 Å². The van der Waals surface area contributed by atoms with Crippen molar-refractivity contribution in [3.63, 3.8) is 0 Å². The number of halogens is 1. The van der Waals surface area contributed by atoms with Gasteiger partial charge in [-0.3, -0.25) is 4.79 Å². The maximum Gasteiger partial charge on any atom is 0.307 e. The largest absolute Gasteiger partial charge is 0.481 e. The average Bonchev–Trinajstić information content (AvgIpc) is 2.70. The molecule has 1 fully saturated rings. The van der Waals surface area contributed by atoms with Crippen LogP contribution >= 0.6 is 27.3 Å². The molecule has 0 unspecified atom stereocenters. The average molecular weight is 247 g/mol. The molecule has 0 saturated heterocycles. The molecule has 0 aromatic carbocycles. The van der Waals surface area contributed by atoms with Crippen molar-refractivity contribution in [1.29, 1.82) is 0 Å². The van der Waals surface area contributed by atoms with E-state index in [1.807, 2.05) is 11.4 Å². The van der Waals surface area contributed by atoms with Crippen LogP contribution in [0.1, 0.15) is 17.2 Å². The molecule has 0 amide bonds. The van der Waals surface area contributed by atoms with Crippen LogP contribution in [0.5, 0.6) is 0 Å². The molecule has 2 atom stereocenters. The van der Waals surface area contributed by atoms with E-state index in [0.29, 0.717) is 0 Å². The van der Waals surface area contributed by atoms with Gasteiger partial charge >= 0.3 is 5.97 Å². The van der Waals surface area contributed by atoms with Gasteiger partial charge in [0.05, 0.1) is 5.92 Å². The molecule has 1 N–H and O–H groups in total. The Balaban J connectivity index is 2.10. The van der Waals surface area contributed by atoms with Crippen molar-refractivity contribution in [2.24, 2.45) is 5.92 Å². The molecule has 1 saturated carbocycles. The lowest BCUT2D eigenvalue weighted by Crippen LogP contribution is -1.97. The summed E-state index contributed by atoms with van der Waals surface area (Å²) in [6.07, 6.45) is 0.808. The van der Waals surface area contributed by atoms with Crippen LogP contribution in [0.3, 0.4) is 0 Å². The summed E-state index contributed by atoms with van der Waals surface area (Å²) < 4.78 is 1.05. The van der Waals surface area contributed by atoms with Crippen molar-refractivity contribution in [2.75, 3.05) is 0 Å². The molecule has 1 aliphatic carbocycles. The zero-order valence-corrected chi connectivity index (χ0v) is 8.56. The molecule has 12 heavy (non-hydrogen) atoms. The number of carboxylic acids is 1. The fourth-order valence-electron chi connectivity index (χ4n) is 1.31. The Kier molecular flexibility index (Phi) is 1.96. The van der Waals surface area contributed by atoms with Crippen LogP contribution in [0, 0.1) is 5.92 Å². The minimum Gasteiger partial charge on any atom is -0.481 e. The van der Waals surface area contributed by atoms with Gasteiger partial charge in [0.25, 0.3) is 0 Å². The first kappa shape index (κ1) is 8.26. The standard InChI is InChI=1S/C8H7BrO2S/c9-4-1-7(12-3-4)5-2-6(5)8(10)11/h1,3,5-6H,2H2,(H,10,11)/t5-,6+/m1/s1. The number of carboxylic acid groups (broad SMARTS) is 1. The molecule has 0 spiro atoms. The van der Waals surface area contributed by atoms with Crippen LogP contribution in [0.4, 0.5) is 0 Å². The second-order valence-corrected chi connectivity index (χ2v) is 4.81. The fourth-order valence-corrected chi connectivity index (χ4v) is 2.93. The smallest absolute Gasteiger partial charge is 0.307 e. The number of thiophene rings is 1. The summed E-state index contributed by atoms with van der Waals surface area (Å²) in [5.41, 5.74) is 0. The first-order valence-electron chi connectivity index (χ1n) is 3.65. The van der Waals surface area contributed by atoms with Gasteiger partial charge in [-0.2, -0.15) is 0 Å². The lowest BCUT2D eigenvalue weighted by atomic mass is 10.3. The van der Waals surface area contributed by atoms with E-state index in [2.05, 4.69) is 15.9 Å². The Hall–Kier alpha value is -0.350. The number of rotatable bonds is 2. The predicted molar refractivity (Wildman–Crippen MR) is 50.5 cm³/mol. The first-order chi connectivity index (χ1) is 5.68. The normalized spacial score (nSPS) is 27.1. The monoisotopic (exact) mass is 246 g/mol. The Morgan fingerprint density at radius 3 is 2.92 bits per heavy atom. The van der Waals surface area contributed by atoms with Crippen LogP contribution in [-0.4, -0.2) is 11.1 Å². The molecule has 0 radical (unpaired) electrons. The van der Waals surface area contributed by atoms with Crippen molar-refractivity contribution in [3.8, 4) is 0 Å². The van der Waals surface area contributed by atoms with Gasteiger partial charge in [0.1, 0.15) is 0 Å². The highest BCUT2D eigenvalue weighted by molar-refractivity contribution is 9.10. The van der Waals surface area contributed by atoms with E-state index in [9.17, 15) is 4.79 Å². The first-order valence-corrected chi connectivity index (χ1v) is 5.32. The molecular formula is C8H7BrO2S. The molecule has 1 aromatic rings. The molecule has 0 aliphatic heterocycles. The van der Waals surface area contributed by atoms with Gasteiger partial charge in [-0.25, -0.2) is 0 Å². The maximum atomic E-state index is 10.5. The van der Waals surface area contributed by atoms with Gasteiger partial charge in [0.15, 0.2) is 0 Å². The number of aliphatic carboxylic acids is 1. The summed E-state index contributed by atoms with van der Waals surface area (Å²) in [6, 6.07) is 2.01. The summed E-state index contributed by atoms with van der Waals surface area (Å²) in [4.78, 5) is 11.7. The van der Waals surface area contributed by atoms with E-state index in [0.717, 1.165) is 10.9 Å². The number of carbonyl (C=O) groups is 1. The Labute approximate surface area is 82.3 Å². The highest BCUT2D eigenvalue weighted by Crippen LogP contribution is 2.49. The van der Waals surface area contributed by atoms with Gasteiger partial charge in [0.2, 0.25) is 0 Å². The highest BCUT2D eigenvalue weighted by atomic mass is 79.9. The number of hydrogen-bond donors (Lipinski definition) is 1. The van der Waals surface area contributed by atoms with Crippen molar-refractivity contribution >= 4 is 33.2 Å². The number of hydrogen-bond acceptors (Lipinski definition) is 2. The predicted octanol–water partition coefficient (Wildman–Crippen LogP) is 2.70. The minimum atomic E-state index is -0.662. The Morgan fingerprint density at radius 1 is 1.75 bits per heavy atom. The van der Waals surface area contributed by atoms with Crippen molar-refractivity contribution in [3.05, 3.63) is 20.8 Å². The van der Waals surface area contributed by atoms with Crippen molar-refractivity contribution in [1.82, 2.24) is 0 Å². The fraction of sp³-hybridized carbons (Fsp3) is 0.375. The van der Waals surface area contributed by atoms with Gasteiger partial charge in [-0.15, -0.1) is 11.3 Å². The lowest BCUT2D eigenvalue weighted by molar-refractivity contribution is -0.138. The molecule has 64 valence electrons. The van der Waals surface area contributed by atoms with Crippen LogP contribution in [-0.2, 0) is 4.79 Å². The summed E-state index contributed by atoms with van der Waals surface area (Å²) in [6.45, 7) is 0. The van der Waals surface area contributed by atoms with Crippen LogP contribution < -0.4 is 0 Å². The third kappa shape index (κ3) is 1.41. The topological polar surface area (TPSA) is 37.3 Å². The highest BCUT2D eigenvalue weighted by Gasteiger charge is 2.44. The molecule has 0 bridgehead atoms. The van der Waals surface area contributed by atoms with Crippen LogP contribution in [0.25, 0.3) is 0 Å². The molecule has 2 rings (SSSR count). The van der Waals surface area contributed by atoms with E-state index in [-0.39, 0.29) is 11.8 Å². The van der Waals surface area contributed by atoms with E-state index in [1.54, 1.807) is 11.3 Å². The van der Waals surface area contributed by atoms with Gasteiger partial charge in [-0.1, -0.05) is 0 Å². The molecule has 1 heterocycles. The van der Waals surface area contributed by atoms with E-state index in [4.69, 9.17) is 5.11 Å². The molecule has 2 nitrogen and oxygen atoms in total. The van der Waals surface area contributed by atoms with E-state index >= 15 is 0 Å². The van der Waals surface area contributed by atoms with E-state index < -0.39 is 5.97 Å². The van der Waals surface area contributed by atoms with Gasteiger partial charge in [0, 0.05) is 20.6 Å². The van der Waals surface area contributed by atoms with Gasteiger partial charge < -0.3 is 5.11 Å². The van der Waals surface area contributed by atoms with Crippen molar-refractivity contribution < 1.29 is 9.90 Å². The third-order valence-electron chi connectivity index (χ3n) is 2.06. The molecular weight excluding hydrogens is 240 g/mol. The second-order valence-electron chi connectivity index (χ2n) is 2.95. The molecule has 1 aromatic heterocycles. The summed E-state index contributed by atoms with van der Waals surface area (Å²) >= 11 is 4.98. The zero-order chi connectivity index (χ0) is 8.72. The Morgan fingerprint density at radius 2 is 2.50 bits per heavy atom. The molecule has 4 heteroatoms. The zero-order valence-electron chi connectivity index (χ0n) is 6.16. The third-order valence-corrected chi connectivity index (χ3v) is 3.89. The lowest BCUT2D eigenvalue weighted by Gasteiger charge is -1.89. The summed E-state index contributed by atoms with van der Waals surface area (Å²) in [7, 11) is 0. The SMILES string of the molecule is O=C(O)[C@H]1C[C@H]1c1cc(Br)cs1. The van der Waals surface area contributed by atoms with Crippen LogP contribution in [0.2, 0.25) is 0 Å². The van der Waals surface area contributed by atoms with Crippen LogP contribution in [0.15, 0.2) is 15.9 Å². The molecule has 1 aliphatic rings. The van der Waals surface area contributed by atoms with E-state index in [1.165, 1.54) is 4.88 Å². The Bertz CT molecular complexity index is 321. The second kappa shape index (κ2) is 2.85.